The number of hydrogen-bond donors (Lipinski definition) is 2. The number of halogens is 5. The number of nitrogens with zero attached hydrogens (tertiary/aromatic N) is 2. The first-order chi connectivity index (χ1) is 13.4. The molecule has 0 aliphatic carbocycles. The van der Waals surface area contributed by atoms with E-state index in [1.807, 2.05) is 0 Å². The monoisotopic (exact) mass is 449 g/mol. The van der Waals surface area contributed by atoms with Crippen LogP contribution in [-0.4, -0.2) is 35.6 Å². The normalized spacial score (nSPS) is 19.5. The molecule has 1 fully saturated rings. The maximum Gasteiger partial charge on any atom is 0.400 e. The minimum Gasteiger partial charge on any atom is -0.545 e. The summed E-state index contributed by atoms with van der Waals surface area (Å²) in [6, 6.07) is 7.14. The van der Waals surface area contributed by atoms with Gasteiger partial charge in [0.25, 0.3) is 0 Å². The molecule has 1 unspecified atom stereocenters. The van der Waals surface area contributed by atoms with Crippen LogP contribution in [-0.2, 0) is 5.41 Å². The summed E-state index contributed by atoms with van der Waals surface area (Å²) in [5, 5.41) is 29.4. The number of carbonyl (C=O) groups excluding carboxylic acids is 1. The lowest BCUT2D eigenvalue weighted by atomic mass is 9.79. The van der Waals surface area contributed by atoms with Crippen LogP contribution in [0.1, 0.15) is 22.3 Å². The summed E-state index contributed by atoms with van der Waals surface area (Å²) in [6.45, 7) is -0.515. The predicted octanol–water partition coefficient (Wildman–Crippen LogP) is 3.65. The van der Waals surface area contributed by atoms with E-state index in [4.69, 9.17) is 23.2 Å². The molecule has 2 aromatic carbocycles. The highest BCUT2D eigenvalue weighted by molar-refractivity contribution is 6.34. The summed E-state index contributed by atoms with van der Waals surface area (Å²) in [7, 11) is 0. The molecule has 2 aromatic rings. The van der Waals surface area contributed by atoms with Gasteiger partial charge in [-0.2, -0.15) is 13.2 Å². The lowest BCUT2D eigenvalue weighted by Crippen LogP contribution is -2.45. The van der Waals surface area contributed by atoms with Crippen LogP contribution in [0.2, 0.25) is 10.0 Å². The molecule has 0 radical (unpaired) electrons. The van der Waals surface area contributed by atoms with E-state index < -0.39 is 40.6 Å². The SMILES string of the molecule is O=C([O-])c1ccc(N2CCC(c3cc(Cl)cc(Cl)c3)(C(F)(F)F)C2)cc1N(O)O. The minimum atomic E-state index is -4.62. The fraction of sp³-hybridized carbons (Fsp3) is 0.278. The van der Waals surface area contributed by atoms with Crippen LogP contribution < -0.4 is 15.2 Å². The third-order valence-corrected chi connectivity index (χ3v) is 5.45. The number of anilines is 2. The van der Waals surface area contributed by atoms with Gasteiger partial charge in [0.1, 0.15) is 11.1 Å². The molecule has 6 nitrogen and oxygen atoms in total. The fourth-order valence-corrected chi connectivity index (χ4v) is 4.07. The molecule has 1 heterocycles. The van der Waals surface area contributed by atoms with Crippen molar-refractivity contribution in [3.05, 3.63) is 57.6 Å². The van der Waals surface area contributed by atoms with Gasteiger partial charge >= 0.3 is 6.18 Å². The first-order valence-corrected chi connectivity index (χ1v) is 9.02. The molecule has 3 rings (SSSR count). The Morgan fingerprint density at radius 1 is 1.14 bits per heavy atom. The first kappa shape index (κ1) is 21.5. The number of aromatic carboxylic acids is 1. The van der Waals surface area contributed by atoms with E-state index in [0.717, 1.165) is 12.1 Å². The zero-order valence-corrected chi connectivity index (χ0v) is 16.1. The second kappa shape index (κ2) is 7.56. The molecule has 0 spiro atoms. The molecule has 0 bridgehead atoms. The smallest absolute Gasteiger partial charge is 0.400 e. The fourth-order valence-electron chi connectivity index (χ4n) is 3.55. The highest BCUT2D eigenvalue weighted by Crippen LogP contribution is 2.49. The lowest BCUT2D eigenvalue weighted by Gasteiger charge is -2.33. The third kappa shape index (κ3) is 3.95. The van der Waals surface area contributed by atoms with Crippen LogP contribution in [0.3, 0.4) is 0 Å². The maximum atomic E-state index is 14.1. The van der Waals surface area contributed by atoms with Crippen molar-refractivity contribution in [2.45, 2.75) is 18.0 Å². The van der Waals surface area contributed by atoms with Crippen molar-refractivity contribution in [3.63, 3.8) is 0 Å². The van der Waals surface area contributed by atoms with Crippen molar-refractivity contribution >= 4 is 40.5 Å². The van der Waals surface area contributed by atoms with Crippen molar-refractivity contribution in [2.24, 2.45) is 0 Å². The summed E-state index contributed by atoms with van der Waals surface area (Å²) in [4.78, 5) is 12.5. The molecule has 0 aromatic heterocycles. The molecule has 2 N–H and O–H groups in total. The van der Waals surface area contributed by atoms with Gasteiger partial charge in [0.15, 0.2) is 0 Å². The first-order valence-electron chi connectivity index (χ1n) is 8.26. The molecule has 1 aliphatic heterocycles. The maximum absolute atomic E-state index is 14.1. The average Bonchev–Trinajstić information content (AvgIpc) is 3.07. The van der Waals surface area contributed by atoms with E-state index in [9.17, 15) is 33.5 Å². The van der Waals surface area contributed by atoms with Crippen LogP contribution >= 0.6 is 23.2 Å². The average molecular weight is 450 g/mol. The zero-order chi connectivity index (χ0) is 21.6. The Kier molecular flexibility index (Phi) is 5.61. The summed E-state index contributed by atoms with van der Waals surface area (Å²) in [6.07, 6.45) is -4.92. The van der Waals surface area contributed by atoms with Gasteiger partial charge in [-0.25, -0.2) is 0 Å². The highest BCUT2D eigenvalue weighted by Gasteiger charge is 2.59. The summed E-state index contributed by atoms with van der Waals surface area (Å²) < 4.78 is 42.4. The largest absolute Gasteiger partial charge is 0.545 e. The number of carboxylic acid groups (broad SMARTS) is 1. The molecular weight excluding hydrogens is 436 g/mol. The van der Waals surface area contributed by atoms with Gasteiger partial charge in [-0.05, 0) is 48.4 Å². The van der Waals surface area contributed by atoms with Crippen molar-refractivity contribution in [1.29, 1.82) is 0 Å². The van der Waals surface area contributed by atoms with E-state index in [1.54, 1.807) is 0 Å². The topological polar surface area (TPSA) is 87.1 Å². The van der Waals surface area contributed by atoms with E-state index in [0.29, 0.717) is 0 Å². The van der Waals surface area contributed by atoms with Gasteiger partial charge in [0.2, 0.25) is 0 Å². The Morgan fingerprint density at radius 2 is 1.76 bits per heavy atom. The quantitative estimate of drug-likeness (QED) is 0.692. The van der Waals surface area contributed by atoms with Crippen LogP contribution in [0, 0.1) is 0 Å². The molecule has 0 amide bonds. The number of rotatable bonds is 4. The van der Waals surface area contributed by atoms with Crippen molar-refractivity contribution < 1.29 is 33.5 Å². The van der Waals surface area contributed by atoms with Crippen molar-refractivity contribution in [3.8, 4) is 0 Å². The second-order valence-corrected chi connectivity index (χ2v) is 7.56. The molecule has 1 saturated heterocycles. The van der Waals surface area contributed by atoms with E-state index in [-0.39, 0.29) is 34.3 Å². The standard InChI is InChI=1S/C18H15Cl2F3N2O4/c19-11-5-10(6-12(20)7-11)17(18(21,22)23)3-4-24(9-17)13-1-2-14(16(26)27)15(8-13)25(28)29/h1-2,5-8,28-29H,3-4,9H2,(H,26,27)/p-1. The van der Waals surface area contributed by atoms with Crippen LogP contribution in [0.15, 0.2) is 36.4 Å². The highest BCUT2D eigenvalue weighted by atomic mass is 35.5. The molecule has 11 heteroatoms. The Labute approximate surface area is 173 Å². The molecule has 156 valence electrons. The van der Waals surface area contributed by atoms with Crippen LogP contribution in [0.5, 0.6) is 0 Å². The lowest BCUT2D eigenvalue weighted by molar-refractivity contribution is -0.255. The number of alkyl halides is 3. The Balaban J connectivity index is 2.03. The minimum absolute atomic E-state index is 0.0232. The van der Waals surface area contributed by atoms with Crippen LogP contribution in [0.25, 0.3) is 0 Å². The molecular formula is C18H14Cl2F3N2O4-. The Bertz CT molecular complexity index is 935. The van der Waals surface area contributed by atoms with E-state index in [1.165, 1.54) is 29.2 Å². The summed E-state index contributed by atoms with van der Waals surface area (Å²) >= 11 is 11.8. The van der Waals surface area contributed by atoms with Gasteiger partial charge in [0, 0.05) is 34.4 Å². The van der Waals surface area contributed by atoms with E-state index in [2.05, 4.69) is 0 Å². The van der Waals surface area contributed by atoms with E-state index >= 15 is 0 Å². The molecule has 1 aliphatic rings. The zero-order valence-electron chi connectivity index (χ0n) is 14.6. The van der Waals surface area contributed by atoms with Gasteiger partial charge in [0.05, 0.1) is 5.97 Å². The van der Waals surface area contributed by atoms with Gasteiger partial charge in [-0.3, -0.25) is 10.4 Å². The van der Waals surface area contributed by atoms with Gasteiger partial charge in [-0.15, -0.1) is 5.23 Å². The molecule has 29 heavy (non-hydrogen) atoms. The summed E-state index contributed by atoms with van der Waals surface area (Å²) in [5.41, 5.74) is -3.22. The van der Waals surface area contributed by atoms with Gasteiger partial charge in [-0.1, -0.05) is 23.2 Å². The van der Waals surface area contributed by atoms with Crippen molar-refractivity contribution in [1.82, 2.24) is 0 Å². The predicted molar refractivity (Wildman–Crippen MR) is 97.8 cm³/mol. The molecule has 1 atom stereocenters. The Hall–Kier alpha value is -2.20. The summed E-state index contributed by atoms with van der Waals surface area (Å²) in [5.74, 6) is -1.67. The molecule has 0 saturated carbocycles. The van der Waals surface area contributed by atoms with Crippen molar-refractivity contribution in [2.75, 3.05) is 23.2 Å². The number of benzene rings is 2. The number of hydrogen-bond acceptors (Lipinski definition) is 6. The van der Waals surface area contributed by atoms with Crippen LogP contribution in [0.4, 0.5) is 24.5 Å². The number of carbonyl (C=O) groups is 1. The second-order valence-electron chi connectivity index (χ2n) is 6.69. The number of carboxylic acids is 1. The van der Waals surface area contributed by atoms with Gasteiger partial charge < -0.3 is 14.8 Å². The third-order valence-electron chi connectivity index (χ3n) is 5.01. The Morgan fingerprint density at radius 3 is 2.28 bits per heavy atom.